The van der Waals surface area contributed by atoms with Gasteiger partial charge >= 0.3 is 0 Å². The van der Waals surface area contributed by atoms with Gasteiger partial charge in [0.1, 0.15) is 11.4 Å². The second-order valence-electron chi connectivity index (χ2n) is 2.88. The Bertz CT molecular complexity index is 406. The van der Waals surface area contributed by atoms with E-state index in [0.29, 0.717) is 11.4 Å². The molecular weight excluding hydrogens is 164 g/mol. The zero-order valence-corrected chi connectivity index (χ0v) is 7.32. The number of aromatic nitrogens is 1. The molecule has 0 atom stereocenters. The second-order valence-corrected chi connectivity index (χ2v) is 2.88. The number of hydrogen-bond acceptors (Lipinski definition) is 3. The van der Waals surface area contributed by atoms with E-state index in [-0.39, 0.29) is 0 Å². The molecule has 0 aliphatic heterocycles. The van der Waals surface area contributed by atoms with Crippen LogP contribution in [-0.4, -0.2) is 5.16 Å². The highest BCUT2D eigenvalue weighted by atomic mass is 16.5. The van der Waals surface area contributed by atoms with Gasteiger partial charge < -0.3 is 10.3 Å². The van der Waals surface area contributed by atoms with Gasteiger partial charge in [0.25, 0.3) is 0 Å². The third kappa shape index (κ3) is 1.28. The Labute approximate surface area is 76.2 Å². The molecule has 0 radical (unpaired) electrons. The lowest BCUT2D eigenvalue weighted by atomic mass is 10.1. The zero-order valence-electron chi connectivity index (χ0n) is 7.32. The normalized spacial score (nSPS) is 10.2. The summed E-state index contributed by atoms with van der Waals surface area (Å²) in [5.41, 5.74) is 8.09. The lowest BCUT2D eigenvalue weighted by molar-refractivity contribution is 0.427. The van der Waals surface area contributed by atoms with Crippen molar-refractivity contribution in [1.82, 2.24) is 5.16 Å². The monoisotopic (exact) mass is 174 g/mol. The summed E-state index contributed by atoms with van der Waals surface area (Å²) < 4.78 is 5.11. The SMILES string of the molecule is Cc1noc(-c2ccccc2)c1N. The Morgan fingerprint density at radius 2 is 1.92 bits per heavy atom. The van der Waals surface area contributed by atoms with E-state index < -0.39 is 0 Å². The Kier molecular flexibility index (Phi) is 1.77. The number of nitrogens with zero attached hydrogens (tertiary/aromatic N) is 1. The van der Waals surface area contributed by atoms with E-state index in [4.69, 9.17) is 10.3 Å². The maximum absolute atomic E-state index is 5.78. The summed E-state index contributed by atoms with van der Waals surface area (Å²) in [4.78, 5) is 0. The molecule has 0 amide bonds. The minimum absolute atomic E-state index is 0.617. The van der Waals surface area contributed by atoms with Gasteiger partial charge in [-0.15, -0.1) is 0 Å². The van der Waals surface area contributed by atoms with Crippen LogP contribution in [0.5, 0.6) is 0 Å². The number of aryl methyl sites for hydroxylation is 1. The summed E-state index contributed by atoms with van der Waals surface area (Å²) in [6, 6.07) is 9.70. The highest BCUT2D eigenvalue weighted by Gasteiger charge is 2.10. The largest absolute Gasteiger partial charge is 0.394 e. The van der Waals surface area contributed by atoms with Crippen LogP contribution in [0.15, 0.2) is 34.9 Å². The molecule has 0 aliphatic carbocycles. The van der Waals surface area contributed by atoms with Crippen molar-refractivity contribution >= 4 is 5.69 Å². The van der Waals surface area contributed by atoms with Crippen molar-refractivity contribution in [2.45, 2.75) is 6.92 Å². The lowest BCUT2D eigenvalue weighted by Crippen LogP contribution is -1.87. The minimum Gasteiger partial charge on any atom is -0.394 e. The number of nitrogen functional groups attached to an aromatic ring is 1. The fraction of sp³-hybridized carbons (Fsp3) is 0.100. The minimum atomic E-state index is 0.617. The Morgan fingerprint density at radius 1 is 1.23 bits per heavy atom. The lowest BCUT2D eigenvalue weighted by Gasteiger charge is -1.95. The predicted octanol–water partition coefficient (Wildman–Crippen LogP) is 2.23. The van der Waals surface area contributed by atoms with Crippen LogP contribution in [-0.2, 0) is 0 Å². The van der Waals surface area contributed by atoms with Crippen LogP contribution >= 0.6 is 0 Å². The molecule has 3 heteroatoms. The molecule has 0 unspecified atom stereocenters. The summed E-state index contributed by atoms with van der Waals surface area (Å²) >= 11 is 0. The first-order chi connectivity index (χ1) is 6.29. The summed E-state index contributed by atoms with van der Waals surface area (Å²) in [7, 11) is 0. The smallest absolute Gasteiger partial charge is 0.189 e. The van der Waals surface area contributed by atoms with Crippen LogP contribution in [0.3, 0.4) is 0 Å². The quantitative estimate of drug-likeness (QED) is 0.721. The number of benzene rings is 1. The van der Waals surface area contributed by atoms with E-state index in [2.05, 4.69) is 5.16 Å². The molecule has 0 bridgehead atoms. The highest BCUT2D eigenvalue weighted by Crippen LogP contribution is 2.27. The average molecular weight is 174 g/mol. The number of rotatable bonds is 1. The molecule has 2 rings (SSSR count). The van der Waals surface area contributed by atoms with Crippen molar-refractivity contribution in [1.29, 1.82) is 0 Å². The molecule has 1 heterocycles. The molecule has 0 saturated heterocycles. The van der Waals surface area contributed by atoms with E-state index in [0.717, 1.165) is 11.3 Å². The molecule has 3 nitrogen and oxygen atoms in total. The van der Waals surface area contributed by atoms with Crippen LogP contribution in [0.1, 0.15) is 5.69 Å². The molecule has 2 aromatic rings. The summed E-state index contributed by atoms with van der Waals surface area (Å²) in [6.07, 6.45) is 0. The van der Waals surface area contributed by atoms with Crippen LogP contribution in [0.25, 0.3) is 11.3 Å². The molecule has 13 heavy (non-hydrogen) atoms. The van der Waals surface area contributed by atoms with Crippen LogP contribution < -0.4 is 5.73 Å². The highest BCUT2D eigenvalue weighted by molar-refractivity contribution is 5.71. The van der Waals surface area contributed by atoms with Crippen molar-refractivity contribution in [3.05, 3.63) is 36.0 Å². The molecule has 66 valence electrons. The summed E-state index contributed by atoms with van der Waals surface area (Å²) in [6.45, 7) is 1.82. The molecule has 2 N–H and O–H groups in total. The van der Waals surface area contributed by atoms with Crippen LogP contribution in [0.4, 0.5) is 5.69 Å². The molecule has 1 aromatic carbocycles. The third-order valence-electron chi connectivity index (χ3n) is 1.94. The van der Waals surface area contributed by atoms with Gasteiger partial charge in [0.05, 0.1) is 0 Å². The first-order valence-corrected chi connectivity index (χ1v) is 4.06. The van der Waals surface area contributed by atoms with Crippen molar-refractivity contribution < 1.29 is 4.52 Å². The van der Waals surface area contributed by atoms with E-state index in [9.17, 15) is 0 Å². The van der Waals surface area contributed by atoms with Gasteiger partial charge in [0.2, 0.25) is 0 Å². The van der Waals surface area contributed by atoms with E-state index in [1.165, 1.54) is 0 Å². The molecule has 0 saturated carbocycles. The molecule has 0 aliphatic rings. The number of nitrogens with two attached hydrogens (primary N) is 1. The van der Waals surface area contributed by atoms with Crippen LogP contribution in [0.2, 0.25) is 0 Å². The fourth-order valence-electron chi connectivity index (χ4n) is 1.17. The van der Waals surface area contributed by atoms with Crippen molar-refractivity contribution in [2.75, 3.05) is 5.73 Å². The summed E-state index contributed by atoms with van der Waals surface area (Å²) in [5.74, 6) is 0.651. The van der Waals surface area contributed by atoms with Crippen molar-refractivity contribution in [3.8, 4) is 11.3 Å². The second kappa shape index (κ2) is 2.94. The summed E-state index contributed by atoms with van der Waals surface area (Å²) in [5, 5.41) is 3.79. The fourth-order valence-corrected chi connectivity index (χ4v) is 1.17. The van der Waals surface area contributed by atoms with Gasteiger partial charge in [-0.25, -0.2) is 0 Å². The first-order valence-electron chi connectivity index (χ1n) is 4.06. The zero-order chi connectivity index (χ0) is 9.26. The molecule has 1 aromatic heterocycles. The van der Waals surface area contributed by atoms with Gasteiger partial charge in [-0.2, -0.15) is 0 Å². The van der Waals surface area contributed by atoms with Crippen LogP contribution in [0, 0.1) is 6.92 Å². The van der Waals surface area contributed by atoms with Gasteiger partial charge in [0, 0.05) is 5.56 Å². The van der Waals surface area contributed by atoms with Gasteiger partial charge in [-0.1, -0.05) is 35.5 Å². The van der Waals surface area contributed by atoms with Gasteiger partial charge in [-0.3, -0.25) is 0 Å². The number of hydrogen-bond donors (Lipinski definition) is 1. The maximum Gasteiger partial charge on any atom is 0.189 e. The molecule has 0 fully saturated rings. The Balaban J connectivity index is 2.53. The van der Waals surface area contributed by atoms with Gasteiger partial charge in [0.15, 0.2) is 5.76 Å². The maximum atomic E-state index is 5.78. The van der Waals surface area contributed by atoms with E-state index >= 15 is 0 Å². The predicted molar refractivity (Wildman–Crippen MR) is 51.1 cm³/mol. The Hall–Kier alpha value is -1.77. The molecule has 0 spiro atoms. The standard InChI is InChI=1S/C10H10N2O/c1-7-9(11)10(13-12-7)8-5-3-2-4-6-8/h2-6H,11H2,1H3. The topological polar surface area (TPSA) is 52.0 Å². The average Bonchev–Trinajstić information content (AvgIpc) is 2.49. The first kappa shape index (κ1) is 7.86. The van der Waals surface area contributed by atoms with Crippen molar-refractivity contribution in [3.63, 3.8) is 0 Å². The van der Waals surface area contributed by atoms with Crippen molar-refractivity contribution in [2.24, 2.45) is 0 Å². The third-order valence-corrected chi connectivity index (χ3v) is 1.94. The molecular formula is C10H10N2O. The van der Waals surface area contributed by atoms with Gasteiger partial charge in [-0.05, 0) is 6.92 Å². The Morgan fingerprint density at radius 3 is 2.46 bits per heavy atom. The van der Waals surface area contributed by atoms with E-state index in [1.807, 2.05) is 37.3 Å². The van der Waals surface area contributed by atoms with E-state index in [1.54, 1.807) is 0 Å². The number of anilines is 1.